The van der Waals surface area contributed by atoms with Crippen molar-refractivity contribution < 1.29 is 8.78 Å². The van der Waals surface area contributed by atoms with Crippen LogP contribution < -0.4 is 10.6 Å². The Morgan fingerprint density at radius 3 is 2.68 bits per heavy atom. The number of hydrogen-bond donors (Lipinski definition) is 2. The molecule has 0 spiro atoms. The summed E-state index contributed by atoms with van der Waals surface area (Å²) in [6.07, 6.45) is 2.01. The van der Waals surface area contributed by atoms with Crippen molar-refractivity contribution in [1.82, 2.24) is 10.6 Å². The van der Waals surface area contributed by atoms with Gasteiger partial charge in [-0.15, -0.1) is 24.0 Å². The standard InChI is InChI=1S/C12H17F2N3S.HI/c1-15-12(16-5-6-18-2)17-8-9-7-10(13)3-4-11(9)14;/h3-4,7H,5-6,8H2,1-2H3,(H2,15,16,17);1H. The van der Waals surface area contributed by atoms with Gasteiger partial charge in [-0.25, -0.2) is 8.78 Å². The zero-order valence-electron chi connectivity index (χ0n) is 10.9. The van der Waals surface area contributed by atoms with E-state index in [1.807, 2.05) is 6.26 Å². The number of hydrogen-bond acceptors (Lipinski definition) is 2. The number of nitrogens with one attached hydrogen (secondary N) is 2. The summed E-state index contributed by atoms with van der Waals surface area (Å²) in [5.74, 6) is 0.657. The Morgan fingerprint density at radius 1 is 1.32 bits per heavy atom. The quantitative estimate of drug-likeness (QED) is 0.345. The molecule has 108 valence electrons. The van der Waals surface area contributed by atoms with Crippen LogP contribution in [0.25, 0.3) is 0 Å². The molecule has 1 aromatic carbocycles. The summed E-state index contributed by atoms with van der Waals surface area (Å²) >= 11 is 1.72. The summed E-state index contributed by atoms with van der Waals surface area (Å²) in [5.41, 5.74) is 0.280. The summed E-state index contributed by atoms with van der Waals surface area (Å²) in [6.45, 7) is 0.967. The fraction of sp³-hybridized carbons (Fsp3) is 0.417. The van der Waals surface area contributed by atoms with Crippen LogP contribution in [-0.4, -0.2) is 31.6 Å². The first-order valence-corrected chi connectivity index (χ1v) is 6.94. The number of rotatable bonds is 5. The Labute approximate surface area is 133 Å². The molecule has 0 aliphatic heterocycles. The SMILES string of the molecule is CN=C(NCCSC)NCc1cc(F)ccc1F.I. The lowest BCUT2D eigenvalue weighted by atomic mass is 10.2. The minimum atomic E-state index is -0.446. The summed E-state index contributed by atoms with van der Waals surface area (Å²) in [4.78, 5) is 4.00. The molecule has 1 rings (SSSR count). The van der Waals surface area contributed by atoms with Crippen LogP contribution in [0.5, 0.6) is 0 Å². The van der Waals surface area contributed by atoms with Gasteiger partial charge in [-0.1, -0.05) is 0 Å². The molecular formula is C12H18F2IN3S. The minimum absolute atomic E-state index is 0. The van der Waals surface area contributed by atoms with Crippen LogP contribution >= 0.6 is 35.7 Å². The first-order chi connectivity index (χ1) is 8.67. The first-order valence-electron chi connectivity index (χ1n) is 5.54. The van der Waals surface area contributed by atoms with Crippen LogP contribution in [-0.2, 0) is 6.54 Å². The summed E-state index contributed by atoms with van der Waals surface area (Å²) < 4.78 is 26.3. The third kappa shape index (κ3) is 6.95. The van der Waals surface area contributed by atoms with E-state index in [0.717, 1.165) is 24.4 Å². The number of aliphatic imine (C=N–C) groups is 1. The van der Waals surface area contributed by atoms with Gasteiger partial charge in [0.25, 0.3) is 0 Å². The second-order valence-corrected chi connectivity index (χ2v) is 4.57. The molecule has 0 saturated carbocycles. The lowest BCUT2D eigenvalue weighted by Gasteiger charge is -2.11. The maximum absolute atomic E-state index is 13.4. The van der Waals surface area contributed by atoms with E-state index < -0.39 is 11.6 Å². The monoisotopic (exact) mass is 401 g/mol. The highest BCUT2D eigenvalue weighted by Gasteiger charge is 2.04. The second-order valence-electron chi connectivity index (χ2n) is 3.58. The molecule has 0 bridgehead atoms. The van der Waals surface area contributed by atoms with Crippen molar-refractivity contribution in [2.24, 2.45) is 4.99 Å². The number of thioether (sulfide) groups is 1. The zero-order valence-corrected chi connectivity index (χ0v) is 14.0. The van der Waals surface area contributed by atoms with Crippen molar-refractivity contribution in [1.29, 1.82) is 0 Å². The molecule has 0 aliphatic carbocycles. The molecule has 0 aromatic heterocycles. The van der Waals surface area contributed by atoms with Gasteiger partial charge in [0.2, 0.25) is 0 Å². The lowest BCUT2D eigenvalue weighted by Crippen LogP contribution is -2.38. The van der Waals surface area contributed by atoms with Crippen LogP contribution in [0.15, 0.2) is 23.2 Å². The van der Waals surface area contributed by atoms with Crippen molar-refractivity contribution in [3.8, 4) is 0 Å². The fourth-order valence-corrected chi connectivity index (χ4v) is 1.66. The Balaban J connectivity index is 0.00000324. The highest BCUT2D eigenvalue weighted by molar-refractivity contribution is 14.0. The average molecular weight is 401 g/mol. The Morgan fingerprint density at radius 2 is 2.05 bits per heavy atom. The van der Waals surface area contributed by atoms with Crippen molar-refractivity contribution in [3.63, 3.8) is 0 Å². The molecule has 0 fully saturated rings. The molecule has 19 heavy (non-hydrogen) atoms. The van der Waals surface area contributed by atoms with E-state index in [-0.39, 0.29) is 36.1 Å². The van der Waals surface area contributed by atoms with E-state index in [9.17, 15) is 8.78 Å². The molecule has 0 aliphatic rings. The molecule has 0 amide bonds. The van der Waals surface area contributed by atoms with Gasteiger partial charge in [0.05, 0.1) is 0 Å². The van der Waals surface area contributed by atoms with Crippen LogP contribution in [0.4, 0.5) is 8.78 Å². The molecule has 0 heterocycles. The van der Waals surface area contributed by atoms with Gasteiger partial charge in [-0.05, 0) is 24.5 Å². The van der Waals surface area contributed by atoms with Gasteiger partial charge >= 0.3 is 0 Å². The highest BCUT2D eigenvalue weighted by atomic mass is 127. The molecule has 0 unspecified atom stereocenters. The highest BCUT2D eigenvalue weighted by Crippen LogP contribution is 2.08. The Bertz CT molecular complexity index is 416. The molecule has 2 N–H and O–H groups in total. The van der Waals surface area contributed by atoms with Crippen molar-refractivity contribution in [2.45, 2.75) is 6.54 Å². The van der Waals surface area contributed by atoms with Crippen LogP contribution in [0.2, 0.25) is 0 Å². The summed E-state index contributed by atoms with van der Waals surface area (Å²) in [7, 11) is 1.64. The normalized spacial score (nSPS) is 10.8. The van der Waals surface area contributed by atoms with Gasteiger partial charge in [0.15, 0.2) is 5.96 Å². The van der Waals surface area contributed by atoms with Crippen molar-refractivity contribution in [3.05, 3.63) is 35.4 Å². The van der Waals surface area contributed by atoms with Crippen molar-refractivity contribution in [2.75, 3.05) is 25.6 Å². The molecule has 7 heteroatoms. The lowest BCUT2D eigenvalue weighted by molar-refractivity contribution is 0.581. The maximum atomic E-state index is 13.4. The maximum Gasteiger partial charge on any atom is 0.191 e. The number of guanidine groups is 1. The third-order valence-electron chi connectivity index (χ3n) is 2.28. The summed E-state index contributed by atoms with van der Waals surface area (Å²) in [5, 5.41) is 6.01. The second kappa shape index (κ2) is 10.2. The van der Waals surface area contributed by atoms with E-state index in [4.69, 9.17) is 0 Å². The van der Waals surface area contributed by atoms with E-state index in [1.165, 1.54) is 6.07 Å². The van der Waals surface area contributed by atoms with Gasteiger partial charge < -0.3 is 10.6 Å². The topological polar surface area (TPSA) is 36.4 Å². The van der Waals surface area contributed by atoms with Gasteiger partial charge in [-0.2, -0.15) is 11.8 Å². The van der Waals surface area contributed by atoms with E-state index >= 15 is 0 Å². The fourth-order valence-electron chi connectivity index (χ4n) is 1.35. The zero-order chi connectivity index (χ0) is 13.4. The van der Waals surface area contributed by atoms with Crippen LogP contribution in [0.3, 0.4) is 0 Å². The first kappa shape index (κ1) is 18.4. The molecule has 0 radical (unpaired) electrons. The third-order valence-corrected chi connectivity index (χ3v) is 2.89. The molecule has 0 saturated heterocycles. The minimum Gasteiger partial charge on any atom is -0.356 e. The predicted octanol–water partition coefficient (Wildman–Crippen LogP) is 2.61. The Kier molecular flexibility index (Phi) is 9.94. The molecule has 3 nitrogen and oxygen atoms in total. The van der Waals surface area contributed by atoms with Crippen LogP contribution in [0.1, 0.15) is 5.56 Å². The van der Waals surface area contributed by atoms with E-state index in [1.54, 1.807) is 18.8 Å². The Hall–Kier alpha value is -0.570. The number of nitrogens with zero attached hydrogens (tertiary/aromatic N) is 1. The summed E-state index contributed by atoms with van der Waals surface area (Å²) in [6, 6.07) is 3.40. The van der Waals surface area contributed by atoms with Gasteiger partial charge in [-0.3, -0.25) is 4.99 Å². The molecule has 1 aromatic rings. The molecular weight excluding hydrogens is 383 g/mol. The average Bonchev–Trinajstić information content (AvgIpc) is 2.37. The predicted molar refractivity (Wildman–Crippen MR) is 88.4 cm³/mol. The molecule has 0 atom stereocenters. The number of halogens is 3. The number of benzene rings is 1. The van der Waals surface area contributed by atoms with E-state index in [2.05, 4.69) is 15.6 Å². The van der Waals surface area contributed by atoms with Gasteiger partial charge in [0.1, 0.15) is 11.6 Å². The van der Waals surface area contributed by atoms with Gasteiger partial charge in [0, 0.05) is 31.5 Å². The smallest absolute Gasteiger partial charge is 0.191 e. The van der Waals surface area contributed by atoms with Crippen LogP contribution in [0, 0.1) is 11.6 Å². The van der Waals surface area contributed by atoms with Crippen molar-refractivity contribution >= 4 is 41.7 Å². The van der Waals surface area contributed by atoms with E-state index in [0.29, 0.717) is 5.96 Å². The largest absolute Gasteiger partial charge is 0.356 e.